The number of piperidine rings is 1. The third kappa shape index (κ3) is 3.83. The van der Waals surface area contributed by atoms with E-state index < -0.39 is 0 Å². The lowest BCUT2D eigenvalue weighted by Gasteiger charge is -2.45. The first-order valence-corrected chi connectivity index (χ1v) is 7.98. The van der Waals surface area contributed by atoms with Gasteiger partial charge in [-0.3, -0.25) is 4.79 Å². The number of rotatable bonds is 3. The first-order chi connectivity index (χ1) is 9.38. The highest BCUT2D eigenvalue weighted by Gasteiger charge is 2.35. The molecule has 3 nitrogen and oxygen atoms in total. The lowest BCUT2D eigenvalue weighted by Crippen LogP contribution is -2.56. The summed E-state index contributed by atoms with van der Waals surface area (Å²) in [6.45, 7) is 4.96. The van der Waals surface area contributed by atoms with Gasteiger partial charge in [-0.15, -0.1) is 0 Å². The van der Waals surface area contributed by atoms with E-state index in [0.717, 1.165) is 23.7 Å². The molecule has 0 aliphatic carbocycles. The number of amides is 1. The van der Waals surface area contributed by atoms with Gasteiger partial charge in [0.2, 0.25) is 5.91 Å². The molecule has 110 valence electrons. The maximum absolute atomic E-state index is 12.5. The molecular formula is C16H23BrN2O. The monoisotopic (exact) mass is 338 g/mol. The molecule has 0 saturated carbocycles. The minimum atomic E-state index is -0.0628. The SMILES string of the molecule is CC1(C)CCC(N)CN1C(=O)CCc1ccc(Br)cc1. The molecule has 0 bridgehead atoms. The van der Waals surface area contributed by atoms with E-state index in [2.05, 4.69) is 41.9 Å². The molecule has 1 heterocycles. The predicted octanol–water partition coefficient (Wildman–Crippen LogP) is 3.11. The molecule has 1 amide bonds. The molecule has 1 atom stereocenters. The number of carbonyl (C=O) groups excluding carboxylic acids is 1. The predicted molar refractivity (Wildman–Crippen MR) is 85.5 cm³/mol. The van der Waals surface area contributed by atoms with Crippen LogP contribution in [0.5, 0.6) is 0 Å². The Morgan fingerprint density at radius 2 is 2.05 bits per heavy atom. The van der Waals surface area contributed by atoms with Gasteiger partial charge in [0.05, 0.1) is 0 Å². The number of nitrogens with zero attached hydrogens (tertiary/aromatic N) is 1. The zero-order valence-electron chi connectivity index (χ0n) is 12.2. The van der Waals surface area contributed by atoms with Crippen LogP contribution < -0.4 is 5.73 Å². The van der Waals surface area contributed by atoms with Crippen molar-refractivity contribution in [1.29, 1.82) is 0 Å². The number of benzene rings is 1. The summed E-state index contributed by atoms with van der Waals surface area (Å²) in [6.07, 6.45) is 3.33. The van der Waals surface area contributed by atoms with Crippen LogP contribution in [0.25, 0.3) is 0 Å². The number of hydrogen-bond acceptors (Lipinski definition) is 2. The molecule has 1 unspecified atom stereocenters. The Hall–Kier alpha value is -0.870. The van der Waals surface area contributed by atoms with Gasteiger partial charge in [0, 0.05) is 29.0 Å². The van der Waals surface area contributed by atoms with E-state index in [4.69, 9.17) is 5.73 Å². The van der Waals surface area contributed by atoms with Crippen LogP contribution in [-0.2, 0) is 11.2 Å². The standard InChI is InChI=1S/C16H23BrN2O/c1-16(2)10-9-14(18)11-19(16)15(20)8-5-12-3-6-13(17)7-4-12/h3-4,6-7,14H,5,8-11,18H2,1-2H3. The van der Waals surface area contributed by atoms with Crippen LogP contribution in [0.3, 0.4) is 0 Å². The topological polar surface area (TPSA) is 46.3 Å². The lowest BCUT2D eigenvalue weighted by atomic mass is 9.88. The van der Waals surface area contributed by atoms with E-state index in [-0.39, 0.29) is 17.5 Å². The van der Waals surface area contributed by atoms with E-state index in [1.54, 1.807) is 0 Å². The molecule has 1 saturated heterocycles. The molecule has 4 heteroatoms. The fraction of sp³-hybridized carbons (Fsp3) is 0.562. The Labute approximate surface area is 129 Å². The number of aryl methyl sites for hydroxylation is 1. The molecule has 1 aliphatic rings. The van der Waals surface area contributed by atoms with Crippen LogP contribution in [0.15, 0.2) is 28.7 Å². The molecule has 1 aromatic carbocycles. The Bertz CT molecular complexity index is 470. The maximum Gasteiger partial charge on any atom is 0.223 e. The third-order valence-corrected chi connectivity index (χ3v) is 4.65. The zero-order chi connectivity index (χ0) is 14.8. The quantitative estimate of drug-likeness (QED) is 0.920. The second kappa shape index (κ2) is 6.27. The second-order valence-electron chi connectivity index (χ2n) is 6.24. The highest BCUT2D eigenvalue weighted by atomic mass is 79.9. The largest absolute Gasteiger partial charge is 0.336 e. The van der Waals surface area contributed by atoms with Gasteiger partial charge in [0.1, 0.15) is 0 Å². The molecule has 0 spiro atoms. The maximum atomic E-state index is 12.5. The second-order valence-corrected chi connectivity index (χ2v) is 7.16. The van der Waals surface area contributed by atoms with Gasteiger partial charge >= 0.3 is 0 Å². The van der Waals surface area contributed by atoms with Crippen molar-refractivity contribution in [3.63, 3.8) is 0 Å². The van der Waals surface area contributed by atoms with Crippen LogP contribution in [-0.4, -0.2) is 28.9 Å². The minimum absolute atomic E-state index is 0.0628. The van der Waals surface area contributed by atoms with Crippen LogP contribution in [0, 0.1) is 0 Å². The van der Waals surface area contributed by atoms with Crippen LogP contribution in [0.2, 0.25) is 0 Å². The van der Waals surface area contributed by atoms with Gasteiger partial charge in [-0.1, -0.05) is 28.1 Å². The Morgan fingerprint density at radius 1 is 1.40 bits per heavy atom. The summed E-state index contributed by atoms with van der Waals surface area (Å²) in [5, 5.41) is 0. The normalized spacial score (nSPS) is 21.8. The molecule has 1 aromatic rings. The van der Waals surface area contributed by atoms with Gasteiger partial charge in [-0.2, -0.15) is 0 Å². The smallest absolute Gasteiger partial charge is 0.223 e. The summed E-state index contributed by atoms with van der Waals surface area (Å²) in [4.78, 5) is 14.4. The Balaban J connectivity index is 1.95. The Morgan fingerprint density at radius 3 is 2.70 bits per heavy atom. The number of halogens is 1. The van der Waals surface area contributed by atoms with E-state index in [1.807, 2.05) is 17.0 Å². The summed E-state index contributed by atoms with van der Waals surface area (Å²) in [7, 11) is 0. The van der Waals surface area contributed by atoms with Crippen LogP contribution in [0.1, 0.15) is 38.7 Å². The van der Waals surface area contributed by atoms with Gasteiger partial charge in [-0.05, 0) is 50.8 Å². The number of likely N-dealkylation sites (tertiary alicyclic amines) is 1. The fourth-order valence-electron chi connectivity index (χ4n) is 2.72. The molecule has 1 fully saturated rings. The van der Waals surface area contributed by atoms with Gasteiger partial charge in [0.25, 0.3) is 0 Å². The van der Waals surface area contributed by atoms with Gasteiger partial charge in [-0.25, -0.2) is 0 Å². The third-order valence-electron chi connectivity index (χ3n) is 4.12. The first kappa shape index (κ1) is 15.5. The van der Waals surface area contributed by atoms with Crippen molar-refractivity contribution in [2.75, 3.05) is 6.54 Å². The fourth-order valence-corrected chi connectivity index (χ4v) is 2.99. The van der Waals surface area contributed by atoms with Crippen molar-refractivity contribution >= 4 is 21.8 Å². The van der Waals surface area contributed by atoms with E-state index in [0.29, 0.717) is 13.0 Å². The first-order valence-electron chi connectivity index (χ1n) is 7.19. The lowest BCUT2D eigenvalue weighted by molar-refractivity contribution is -0.138. The summed E-state index contributed by atoms with van der Waals surface area (Å²) in [6, 6.07) is 8.27. The number of nitrogens with two attached hydrogens (primary N) is 1. The highest BCUT2D eigenvalue weighted by Crippen LogP contribution is 2.27. The van der Waals surface area contributed by atoms with Crippen molar-refractivity contribution in [2.45, 2.75) is 51.1 Å². The summed E-state index contributed by atoms with van der Waals surface area (Å²) < 4.78 is 1.07. The molecule has 1 aliphatic heterocycles. The van der Waals surface area contributed by atoms with Crippen molar-refractivity contribution in [1.82, 2.24) is 4.90 Å². The molecule has 20 heavy (non-hydrogen) atoms. The molecular weight excluding hydrogens is 316 g/mol. The molecule has 2 rings (SSSR count). The van der Waals surface area contributed by atoms with Crippen LogP contribution >= 0.6 is 15.9 Å². The molecule has 0 aromatic heterocycles. The summed E-state index contributed by atoms with van der Waals surface area (Å²) in [5.74, 6) is 0.216. The van der Waals surface area contributed by atoms with Crippen LogP contribution in [0.4, 0.5) is 0 Å². The minimum Gasteiger partial charge on any atom is -0.336 e. The average molecular weight is 339 g/mol. The molecule has 2 N–H and O–H groups in total. The number of carbonyl (C=O) groups is 1. The van der Waals surface area contributed by atoms with Crippen molar-refractivity contribution < 1.29 is 4.79 Å². The molecule has 0 radical (unpaired) electrons. The number of hydrogen-bond donors (Lipinski definition) is 1. The van der Waals surface area contributed by atoms with E-state index >= 15 is 0 Å². The average Bonchev–Trinajstić information content (AvgIpc) is 2.40. The zero-order valence-corrected chi connectivity index (χ0v) is 13.8. The summed E-state index contributed by atoms with van der Waals surface area (Å²) >= 11 is 3.42. The van der Waals surface area contributed by atoms with E-state index in [1.165, 1.54) is 5.56 Å². The van der Waals surface area contributed by atoms with E-state index in [9.17, 15) is 4.79 Å². The Kier molecular flexibility index (Phi) is 4.86. The van der Waals surface area contributed by atoms with Gasteiger partial charge in [0.15, 0.2) is 0 Å². The van der Waals surface area contributed by atoms with Gasteiger partial charge < -0.3 is 10.6 Å². The van der Waals surface area contributed by atoms with Crippen molar-refractivity contribution in [3.05, 3.63) is 34.3 Å². The van der Waals surface area contributed by atoms with Crippen molar-refractivity contribution in [2.24, 2.45) is 5.73 Å². The highest BCUT2D eigenvalue weighted by molar-refractivity contribution is 9.10. The summed E-state index contributed by atoms with van der Waals surface area (Å²) in [5.41, 5.74) is 7.14. The van der Waals surface area contributed by atoms with Crippen molar-refractivity contribution in [3.8, 4) is 0 Å².